The van der Waals surface area contributed by atoms with E-state index in [1.807, 2.05) is 43.3 Å². The number of rotatable bonds is 7. The molecule has 2 nitrogen and oxygen atoms in total. The molecule has 0 aliphatic heterocycles. The zero-order valence-electron chi connectivity index (χ0n) is 20.4. The molecule has 0 aromatic heterocycles. The predicted molar refractivity (Wildman–Crippen MR) is 131 cm³/mol. The summed E-state index contributed by atoms with van der Waals surface area (Å²) < 4.78 is 48.4. The predicted octanol–water partition coefficient (Wildman–Crippen LogP) is 7.61. The van der Waals surface area contributed by atoms with Crippen molar-refractivity contribution in [2.75, 3.05) is 6.61 Å². The van der Waals surface area contributed by atoms with Crippen LogP contribution in [0.25, 0.3) is 0 Å². The van der Waals surface area contributed by atoms with E-state index >= 15 is 0 Å². The molecule has 0 bridgehead atoms. The van der Waals surface area contributed by atoms with Crippen LogP contribution in [0.1, 0.15) is 68.1 Å². The fourth-order valence-corrected chi connectivity index (χ4v) is 7.42. The van der Waals surface area contributed by atoms with E-state index in [4.69, 9.17) is 4.74 Å². The highest BCUT2D eigenvalue weighted by molar-refractivity contribution is 5.42. The van der Waals surface area contributed by atoms with Crippen molar-refractivity contribution in [2.24, 2.45) is 23.2 Å². The van der Waals surface area contributed by atoms with Crippen LogP contribution in [-0.2, 0) is 13.0 Å². The average Bonchev–Trinajstić information content (AvgIpc) is 3.16. The lowest BCUT2D eigenvalue weighted by molar-refractivity contribution is -0.115. The van der Waals surface area contributed by atoms with Gasteiger partial charge >= 0.3 is 6.18 Å². The van der Waals surface area contributed by atoms with Crippen molar-refractivity contribution in [3.63, 3.8) is 0 Å². The maximum Gasteiger partial charge on any atom is 0.412 e. The van der Waals surface area contributed by atoms with Crippen LogP contribution in [0.3, 0.4) is 0 Å². The summed E-state index contributed by atoms with van der Waals surface area (Å²) in [5.74, 6) is 1.37. The van der Waals surface area contributed by atoms with Gasteiger partial charge in [-0.1, -0.05) is 55.8 Å². The highest BCUT2D eigenvalue weighted by Gasteiger charge is 2.60. The number of benzene rings is 2. The third-order valence-electron chi connectivity index (χ3n) is 8.91. The van der Waals surface area contributed by atoms with E-state index in [2.05, 4.69) is 12.1 Å². The quantitative estimate of drug-likeness (QED) is 0.324. The molecule has 0 radical (unpaired) electrons. The second-order valence-corrected chi connectivity index (χ2v) is 10.9. The van der Waals surface area contributed by atoms with Crippen molar-refractivity contribution in [3.8, 4) is 5.75 Å². The zero-order valence-corrected chi connectivity index (χ0v) is 20.4. The van der Waals surface area contributed by atoms with Crippen molar-refractivity contribution in [2.45, 2.75) is 70.6 Å². The minimum atomic E-state index is -4.27. The van der Waals surface area contributed by atoms with Crippen LogP contribution in [0, 0.1) is 23.2 Å². The Kier molecular flexibility index (Phi) is 6.73. The van der Waals surface area contributed by atoms with Crippen molar-refractivity contribution in [3.05, 3.63) is 76.9 Å². The number of aryl methyl sites for hydroxylation is 1. The maximum atomic E-state index is 14.1. The molecule has 0 amide bonds. The standard InChI is InChI=1S/C30H35F3O2/c1-29-15-14-25-24-13-11-23(35-19-20-7-3-2-4-8-20)17-21(24)10-12-26(25)28(29)22(9-5-6-16-34)18-27(29)30(31,32)33/h2-4,7-8,11,13,17-18,22,25-26,28,34H,5-6,9-10,12,14-16,19H2,1H3/t22?,25?,26?,28?,29-/m1/s1. The van der Waals surface area contributed by atoms with Gasteiger partial charge in [0.2, 0.25) is 0 Å². The number of alkyl halides is 3. The van der Waals surface area contributed by atoms with Crippen LogP contribution in [0.2, 0.25) is 0 Å². The van der Waals surface area contributed by atoms with Crippen molar-refractivity contribution in [1.82, 2.24) is 0 Å². The molecular formula is C30H35F3O2. The van der Waals surface area contributed by atoms with Gasteiger partial charge in [-0.15, -0.1) is 0 Å². The second kappa shape index (κ2) is 9.65. The van der Waals surface area contributed by atoms with Crippen molar-refractivity contribution >= 4 is 0 Å². The molecular weight excluding hydrogens is 449 g/mol. The van der Waals surface area contributed by atoms with Gasteiger partial charge in [0.05, 0.1) is 0 Å². The summed E-state index contributed by atoms with van der Waals surface area (Å²) in [6, 6.07) is 16.4. The van der Waals surface area contributed by atoms with Crippen molar-refractivity contribution in [1.29, 1.82) is 0 Å². The minimum absolute atomic E-state index is 0.0127. The Morgan fingerprint density at radius 3 is 2.60 bits per heavy atom. The number of aliphatic hydroxyl groups excluding tert-OH is 1. The van der Waals surface area contributed by atoms with Gasteiger partial charge in [-0.05, 0) is 91.0 Å². The lowest BCUT2D eigenvalue weighted by atomic mass is 9.52. The Bertz CT molecular complexity index is 1060. The third kappa shape index (κ3) is 4.64. The van der Waals surface area contributed by atoms with Gasteiger partial charge in [0, 0.05) is 17.6 Å². The Morgan fingerprint density at radius 1 is 1.06 bits per heavy atom. The van der Waals surface area contributed by atoms with Crippen LogP contribution < -0.4 is 4.74 Å². The zero-order chi connectivity index (χ0) is 24.6. The molecule has 5 rings (SSSR count). The molecule has 5 heteroatoms. The van der Waals surface area contributed by atoms with E-state index in [0.29, 0.717) is 25.4 Å². The Morgan fingerprint density at radius 2 is 1.86 bits per heavy atom. The van der Waals surface area contributed by atoms with Crippen LogP contribution in [-0.4, -0.2) is 17.9 Å². The molecule has 1 saturated carbocycles. The first-order valence-electron chi connectivity index (χ1n) is 13.0. The summed E-state index contributed by atoms with van der Waals surface area (Å²) in [7, 11) is 0. The van der Waals surface area contributed by atoms with E-state index in [0.717, 1.165) is 43.4 Å². The van der Waals surface area contributed by atoms with Gasteiger partial charge in [-0.2, -0.15) is 13.2 Å². The molecule has 35 heavy (non-hydrogen) atoms. The van der Waals surface area contributed by atoms with E-state index in [1.165, 1.54) is 11.1 Å². The fourth-order valence-electron chi connectivity index (χ4n) is 7.42. The van der Waals surface area contributed by atoms with Crippen LogP contribution in [0.5, 0.6) is 5.75 Å². The Labute approximate surface area is 206 Å². The molecule has 188 valence electrons. The monoisotopic (exact) mass is 484 g/mol. The van der Waals surface area contributed by atoms with Gasteiger partial charge in [-0.3, -0.25) is 0 Å². The summed E-state index contributed by atoms with van der Waals surface area (Å²) in [4.78, 5) is 0. The SMILES string of the molecule is C[C@]12CCC3c4ccc(OCc5ccccc5)cc4CCC3C1C(CCCCO)C=C2C(F)(F)F. The third-order valence-corrected chi connectivity index (χ3v) is 8.91. The number of halogens is 3. The number of allylic oxidation sites excluding steroid dienone is 2. The smallest absolute Gasteiger partial charge is 0.412 e. The van der Waals surface area contributed by atoms with Gasteiger partial charge in [0.25, 0.3) is 0 Å². The molecule has 2 aromatic carbocycles. The first kappa shape index (κ1) is 24.4. The minimum Gasteiger partial charge on any atom is -0.489 e. The van der Waals surface area contributed by atoms with E-state index in [-0.39, 0.29) is 29.9 Å². The average molecular weight is 485 g/mol. The number of hydrogen-bond donors (Lipinski definition) is 1. The van der Waals surface area contributed by atoms with Crippen LogP contribution in [0.4, 0.5) is 13.2 Å². The second-order valence-electron chi connectivity index (χ2n) is 10.9. The summed E-state index contributed by atoms with van der Waals surface area (Å²) in [5.41, 5.74) is 2.62. The van der Waals surface area contributed by atoms with E-state index < -0.39 is 11.6 Å². The fraction of sp³-hybridized carbons (Fsp3) is 0.533. The highest BCUT2D eigenvalue weighted by Crippen LogP contribution is 2.65. The first-order valence-corrected chi connectivity index (χ1v) is 13.0. The maximum absolute atomic E-state index is 14.1. The Hall–Kier alpha value is -2.27. The van der Waals surface area contributed by atoms with E-state index in [9.17, 15) is 18.3 Å². The molecule has 0 heterocycles. The summed E-state index contributed by atoms with van der Waals surface area (Å²) in [6.07, 6.45) is 2.62. The Balaban J connectivity index is 1.37. The number of unbranched alkanes of at least 4 members (excludes halogenated alkanes) is 1. The topological polar surface area (TPSA) is 29.5 Å². The van der Waals surface area contributed by atoms with Gasteiger partial charge in [0.1, 0.15) is 12.4 Å². The molecule has 4 unspecified atom stereocenters. The van der Waals surface area contributed by atoms with Gasteiger partial charge in [0.15, 0.2) is 0 Å². The molecule has 0 saturated heterocycles. The highest BCUT2D eigenvalue weighted by atomic mass is 19.4. The number of aliphatic hydroxyl groups is 1. The molecule has 3 aliphatic rings. The molecule has 5 atom stereocenters. The number of fused-ring (bicyclic) bond motifs is 5. The molecule has 2 aromatic rings. The molecule has 0 spiro atoms. The normalized spacial score (nSPS) is 29.7. The lowest BCUT2D eigenvalue weighted by Crippen LogP contribution is -2.45. The number of hydrogen-bond acceptors (Lipinski definition) is 2. The summed E-state index contributed by atoms with van der Waals surface area (Å²) in [5, 5.41) is 9.22. The van der Waals surface area contributed by atoms with Crippen LogP contribution >= 0.6 is 0 Å². The molecule has 1 N–H and O–H groups in total. The summed E-state index contributed by atoms with van der Waals surface area (Å²) >= 11 is 0. The summed E-state index contributed by atoms with van der Waals surface area (Å²) in [6.45, 7) is 2.49. The first-order chi connectivity index (χ1) is 16.8. The van der Waals surface area contributed by atoms with Gasteiger partial charge in [-0.25, -0.2) is 0 Å². The molecule has 1 fully saturated rings. The van der Waals surface area contributed by atoms with Gasteiger partial charge < -0.3 is 9.84 Å². The largest absolute Gasteiger partial charge is 0.489 e. The number of ether oxygens (including phenoxy) is 1. The van der Waals surface area contributed by atoms with Crippen LogP contribution in [0.15, 0.2) is 60.2 Å². The molecule has 3 aliphatic carbocycles. The lowest BCUT2D eigenvalue weighted by Gasteiger charge is -2.52. The van der Waals surface area contributed by atoms with E-state index in [1.54, 1.807) is 6.08 Å². The van der Waals surface area contributed by atoms with Crippen molar-refractivity contribution < 1.29 is 23.0 Å².